The van der Waals surface area contributed by atoms with Crippen LogP contribution in [0.2, 0.25) is 5.02 Å². The Balaban J connectivity index is 2.17. The number of nitrogens with zero attached hydrogens (tertiary/aromatic N) is 1. The fraction of sp³-hybridized carbons (Fsp3) is 0.364. The topological polar surface area (TPSA) is 24.4 Å². The summed E-state index contributed by atoms with van der Waals surface area (Å²) in [5.74, 6) is 0.695. The normalized spacial score (nSPS) is 20.4. The van der Waals surface area contributed by atoms with Crippen LogP contribution in [0, 0.1) is 5.82 Å². The molecule has 0 aromatic heterocycles. The number of rotatable bonds is 1. The highest BCUT2D eigenvalue weighted by molar-refractivity contribution is 8.14. The molecule has 16 heavy (non-hydrogen) atoms. The van der Waals surface area contributed by atoms with Crippen molar-refractivity contribution in [3.05, 3.63) is 29.0 Å². The summed E-state index contributed by atoms with van der Waals surface area (Å²) < 4.78 is 13.4. The second kappa shape index (κ2) is 5.06. The van der Waals surface area contributed by atoms with Crippen molar-refractivity contribution in [1.82, 2.24) is 0 Å². The number of anilines is 1. The van der Waals surface area contributed by atoms with Gasteiger partial charge in [-0.3, -0.25) is 4.99 Å². The minimum absolute atomic E-state index is 0.297. The second-order valence-corrected chi connectivity index (χ2v) is 5.19. The first-order valence-electron chi connectivity index (χ1n) is 5.08. The van der Waals surface area contributed by atoms with E-state index in [2.05, 4.69) is 17.2 Å². The van der Waals surface area contributed by atoms with Gasteiger partial charge in [0.15, 0.2) is 5.17 Å². The lowest BCUT2D eigenvalue weighted by atomic mass is 10.3. The van der Waals surface area contributed by atoms with E-state index in [0.29, 0.717) is 16.8 Å². The van der Waals surface area contributed by atoms with Gasteiger partial charge in [0.1, 0.15) is 5.82 Å². The van der Waals surface area contributed by atoms with Crippen LogP contribution in [-0.2, 0) is 0 Å². The van der Waals surface area contributed by atoms with Crippen LogP contribution in [0.5, 0.6) is 0 Å². The summed E-state index contributed by atoms with van der Waals surface area (Å²) in [6, 6.07) is 4.74. The molecule has 0 radical (unpaired) electrons. The molecule has 1 unspecified atom stereocenters. The third kappa shape index (κ3) is 2.89. The van der Waals surface area contributed by atoms with Crippen molar-refractivity contribution in [2.24, 2.45) is 4.99 Å². The Morgan fingerprint density at radius 1 is 1.56 bits per heavy atom. The monoisotopic (exact) mass is 258 g/mol. The first kappa shape index (κ1) is 11.7. The Morgan fingerprint density at radius 2 is 2.38 bits per heavy atom. The molecule has 0 spiro atoms. The molecule has 1 aromatic rings. The van der Waals surface area contributed by atoms with E-state index < -0.39 is 0 Å². The number of hydrogen-bond donors (Lipinski definition) is 1. The van der Waals surface area contributed by atoms with Crippen LogP contribution in [0.25, 0.3) is 0 Å². The molecule has 5 heteroatoms. The number of amidine groups is 1. The van der Waals surface area contributed by atoms with Gasteiger partial charge in [-0.25, -0.2) is 4.39 Å². The molecule has 1 heterocycles. The maximum atomic E-state index is 13.4. The van der Waals surface area contributed by atoms with Crippen molar-refractivity contribution in [3.63, 3.8) is 0 Å². The molecular formula is C11H12ClFN2S. The predicted molar refractivity (Wildman–Crippen MR) is 69.0 cm³/mol. The van der Waals surface area contributed by atoms with Crippen molar-refractivity contribution in [2.75, 3.05) is 11.1 Å². The molecule has 86 valence electrons. The molecular weight excluding hydrogens is 247 g/mol. The number of halogens is 2. The van der Waals surface area contributed by atoms with Crippen LogP contribution in [0.4, 0.5) is 10.1 Å². The molecule has 0 amide bonds. The van der Waals surface area contributed by atoms with Crippen LogP contribution in [0.3, 0.4) is 0 Å². The van der Waals surface area contributed by atoms with Crippen molar-refractivity contribution >= 4 is 34.2 Å². The van der Waals surface area contributed by atoms with Crippen molar-refractivity contribution < 1.29 is 4.39 Å². The maximum Gasteiger partial charge on any atom is 0.161 e. The average Bonchev–Trinajstić information content (AvgIpc) is 2.24. The summed E-state index contributed by atoms with van der Waals surface area (Å²) in [5.41, 5.74) is 0.382. The highest BCUT2D eigenvalue weighted by Gasteiger charge is 2.13. The summed E-state index contributed by atoms with van der Waals surface area (Å²) in [4.78, 5) is 4.41. The molecule has 0 saturated heterocycles. The van der Waals surface area contributed by atoms with E-state index in [1.807, 2.05) is 0 Å². The highest BCUT2D eigenvalue weighted by atomic mass is 35.5. The molecule has 0 fully saturated rings. The van der Waals surface area contributed by atoms with E-state index in [0.717, 1.165) is 17.3 Å². The van der Waals surface area contributed by atoms with Crippen LogP contribution in [0.15, 0.2) is 23.2 Å². The Labute approximate surface area is 103 Å². The van der Waals surface area contributed by atoms with Gasteiger partial charge in [-0.1, -0.05) is 23.4 Å². The quantitative estimate of drug-likeness (QED) is 0.829. The molecule has 0 saturated carbocycles. The number of benzene rings is 1. The van der Waals surface area contributed by atoms with Gasteiger partial charge in [-0.15, -0.1) is 0 Å². The summed E-state index contributed by atoms with van der Waals surface area (Å²) in [6.45, 7) is 2.05. The minimum atomic E-state index is -0.314. The zero-order chi connectivity index (χ0) is 11.5. The van der Waals surface area contributed by atoms with E-state index in [4.69, 9.17) is 11.6 Å². The molecule has 1 N–H and O–H groups in total. The molecule has 1 aromatic carbocycles. The van der Waals surface area contributed by atoms with E-state index in [9.17, 15) is 4.39 Å². The van der Waals surface area contributed by atoms with Crippen LogP contribution >= 0.6 is 23.4 Å². The third-order valence-corrected chi connectivity index (χ3v) is 3.44. The molecule has 1 aliphatic heterocycles. The van der Waals surface area contributed by atoms with Gasteiger partial charge >= 0.3 is 0 Å². The van der Waals surface area contributed by atoms with Crippen molar-refractivity contribution in [1.29, 1.82) is 0 Å². The first-order valence-corrected chi connectivity index (χ1v) is 6.44. The van der Waals surface area contributed by atoms with Gasteiger partial charge < -0.3 is 5.32 Å². The molecule has 0 bridgehead atoms. The molecule has 0 aliphatic carbocycles. The minimum Gasteiger partial charge on any atom is -0.333 e. The van der Waals surface area contributed by atoms with Gasteiger partial charge in [-0.2, -0.15) is 0 Å². The molecule has 2 rings (SSSR count). The summed E-state index contributed by atoms with van der Waals surface area (Å²) >= 11 is 7.42. The van der Waals surface area contributed by atoms with Crippen LogP contribution < -0.4 is 5.32 Å². The summed E-state index contributed by atoms with van der Waals surface area (Å²) in [6.07, 6.45) is 1.06. The van der Waals surface area contributed by atoms with Gasteiger partial charge in [0.25, 0.3) is 0 Å². The van der Waals surface area contributed by atoms with Crippen molar-refractivity contribution in [3.8, 4) is 0 Å². The fourth-order valence-corrected chi connectivity index (χ4v) is 2.67. The standard InChI is InChI=1S/C11H12ClFN2S/c1-7-4-5-16-11(14-7)15-10-6-8(12)2-3-9(10)13/h2-3,6-7H,4-5H2,1H3,(H,14,15). The number of thioether (sulfide) groups is 1. The smallest absolute Gasteiger partial charge is 0.161 e. The third-order valence-electron chi connectivity index (χ3n) is 2.28. The van der Waals surface area contributed by atoms with Gasteiger partial charge in [0.2, 0.25) is 0 Å². The SMILES string of the molecule is CC1CCSC(Nc2cc(Cl)ccc2F)=N1. The van der Waals surface area contributed by atoms with E-state index in [-0.39, 0.29) is 5.82 Å². The van der Waals surface area contributed by atoms with E-state index >= 15 is 0 Å². The number of nitrogens with one attached hydrogen (secondary N) is 1. The Hall–Kier alpha value is -0.740. The molecule has 2 nitrogen and oxygen atoms in total. The Kier molecular flexibility index (Phi) is 3.71. The molecule has 1 atom stereocenters. The second-order valence-electron chi connectivity index (χ2n) is 3.67. The lowest BCUT2D eigenvalue weighted by molar-refractivity contribution is 0.632. The number of aliphatic imine (C=N–C) groups is 1. The fourth-order valence-electron chi connectivity index (χ4n) is 1.40. The average molecular weight is 259 g/mol. The van der Waals surface area contributed by atoms with Crippen molar-refractivity contribution in [2.45, 2.75) is 19.4 Å². The van der Waals surface area contributed by atoms with Gasteiger partial charge in [0.05, 0.1) is 11.7 Å². The Morgan fingerprint density at radius 3 is 3.12 bits per heavy atom. The first-order chi connectivity index (χ1) is 7.65. The zero-order valence-electron chi connectivity index (χ0n) is 8.84. The largest absolute Gasteiger partial charge is 0.333 e. The maximum absolute atomic E-state index is 13.4. The molecule has 1 aliphatic rings. The lowest BCUT2D eigenvalue weighted by Gasteiger charge is -2.17. The van der Waals surface area contributed by atoms with Gasteiger partial charge in [-0.05, 0) is 31.5 Å². The van der Waals surface area contributed by atoms with Crippen LogP contribution in [-0.4, -0.2) is 17.0 Å². The predicted octanol–water partition coefficient (Wildman–Crippen LogP) is 3.77. The van der Waals surface area contributed by atoms with Gasteiger partial charge in [0, 0.05) is 10.8 Å². The van der Waals surface area contributed by atoms with Crippen LogP contribution in [0.1, 0.15) is 13.3 Å². The number of hydrogen-bond acceptors (Lipinski definition) is 3. The van der Waals surface area contributed by atoms with E-state index in [1.54, 1.807) is 17.8 Å². The lowest BCUT2D eigenvalue weighted by Crippen LogP contribution is -2.18. The summed E-state index contributed by atoms with van der Waals surface area (Å²) in [5, 5.41) is 4.25. The summed E-state index contributed by atoms with van der Waals surface area (Å²) in [7, 11) is 0. The highest BCUT2D eigenvalue weighted by Crippen LogP contribution is 2.23. The zero-order valence-corrected chi connectivity index (χ0v) is 10.4. The van der Waals surface area contributed by atoms with E-state index in [1.165, 1.54) is 12.1 Å². The Bertz CT molecular complexity index is 422.